The topological polar surface area (TPSA) is 38.3 Å². The Hall–Kier alpha value is -2.00. The first-order valence-electron chi connectivity index (χ1n) is 9.29. The molecule has 0 spiro atoms. The number of rotatable bonds is 5. The predicted octanol–water partition coefficient (Wildman–Crippen LogP) is 5.17. The lowest BCUT2D eigenvalue weighted by atomic mass is 9.89. The Bertz CT molecular complexity index is 803. The third kappa shape index (κ3) is 4.39. The summed E-state index contributed by atoms with van der Waals surface area (Å²) in [4.78, 5) is 12.5. The van der Waals surface area contributed by atoms with Gasteiger partial charge in [0.15, 0.2) is 6.10 Å². The molecule has 3 nitrogen and oxygen atoms in total. The minimum atomic E-state index is -0.573. The Balaban J connectivity index is 1.62. The molecule has 0 bridgehead atoms. The number of amides is 1. The molecule has 3 rings (SSSR count). The van der Waals surface area contributed by atoms with Crippen LogP contribution in [0.3, 0.4) is 0 Å². The van der Waals surface area contributed by atoms with Crippen molar-refractivity contribution in [3.8, 4) is 5.75 Å². The van der Waals surface area contributed by atoms with Crippen LogP contribution in [0.4, 0.5) is 0 Å². The molecular weight excluding hydrogens is 346 g/mol. The summed E-state index contributed by atoms with van der Waals surface area (Å²) in [6, 6.07) is 11.9. The third-order valence-corrected chi connectivity index (χ3v) is 5.47. The molecule has 1 aliphatic rings. The van der Waals surface area contributed by atoms with Crippen molar-refractivity contribution in [3.63, 3.8) is 0 Å². The molecule has 2 aromatic rings. The van der Waals surface area contributed by atoms with Crippen molar-refractivity contribution in [2.45, 2.75) is 58.6 Å². The summed E-state index contributed by atoms with van der Waals surface area (Å²) in [6.07, 6.45) is 4.26. The van der Waals surface area contributed by atoms with Crippen LogP contribution in [0, 0.1) is 6.92 Å². The van der Waals surface area contributed by atoms with Gasteiger partial charge in [-0.3, -0.25) is 4.79 Å². The minimum absolute atomic E-state index is 0.0484. The monoisotopic (exact) mass is 371 g/mol. The smallest absolute Gasteiger partial charge is 0.261 e. The van der Waals surface area contributed by atoms with E-state index in [9.17, 15) is 4.79 Å². The number of halogens is 1. The average molecular weight is 372 g/mol. The van der Waals surface area contributed by atoms with Gasteiger partial charge in [0.05, 0.1) is 6.04 Å². The zero-order valence-corrected chi connectivity index (χ0v) is 16.4. The first-order valence-corrected chi connectivity index (χ1v) is 9.66. The largest absolute Gasteiger partial charge is 0.481 e. The summed E-state index contributed by atoms with van der Waals surface area (Å²) in [5.74, 6) is 0.527. The highest BCUT2D eigenvalue weighted by molar-refractivity contribution is 6.31. The fourth-order valence-electron chi connectivity index (χ4n) is 3.38. The van der Waals surface area contributed by atoms with Crippen molar-refractivity contribution in [1.29, 1.82) is 0 Å². The number of ether oxygens (including phenoxy) is 1. The first-order chi connectivity index (χ1) is 12.4. The second-order valence-corrected chi connectivity index (χ2v) is 7.54. The Kier molecular flexibility index (Phi) is 5.87. The summed E-state index contributed by atoms with van der Waals surface area (Å²) >= 11 is 6.03. The van der Waals surface area contributed by atoms with Crippen LogP contribution in [-0.2, 0) is 17.6 Å². The van der Waals surface area contributed by atoms with Gasteiger partial charge in [-0.2, -0.15) is 0 Å². The molecule has 0 heterocycles. The lowest BCUT2D eigenvalue weighted by Gasteiger charge is -2.22. The van der Waals surface area contributed by atoms with Crippen LogP contribution in [0.25, 0.3) is 0 Å². The van der Waals surface area contributed by atoms with Crippen LogP contribution < -0.4 is 10.1 Å². The molecule has 0 aromatic heterocycles. The van der Waals surface area contributed by atoms with E-state index in [1.54, 1.807) is 19.1 Å². The molecular formula is C22H26ClNO2. The second-order valence-electron chi connectivity index (χ2n) is 7.14. The van der Waals surface area contributed by atoms with Crippen LogP contribution in [0.2, 0.25) is 5.02 Å². The molecule has 0 aliphatic heterocycles. The normalized spacial score (nSPS) is 15.7. The zero-order valence-electron chi connectivity index (χ0n) is 15.6. The fraction of sp³-hybridized carbons (Fsp3) is 0.409. The Morgan fingerprint density at radius 1 is 1.08 bits per heavy atom. The summed E-state index contributed by atoms with van der Waals surface area (Å²) in [5, 5.41) is 3.75. The molecule has 26 heavy (non-hydrogen) atoms. The van der Waals surface area contributed by atoms with Gasteiger partial charge in [-0.15, -0.1) is 0 Å². The van der Waals surface area contributed by atoms with Gasteiger partial charge in [-0.1, -0.05) is 29.8 Å². The summed E-state index contributed by atoms with van der Waals surface area (Å²) in [5.41, 5.74) is 4.96. The molecule has 138 valence electrons. The first kappa shape index (κ1) is 18.8. The highest BCUT2D eigenvalue weighted by Gasteiger charge is 2.19. The number of hydrogen-bond donors (Lipinski definition) is 1. The molecule has 4 heteroatoms. The number of benzene rings is 2. The predicted molar refractivity (Wildman–Crippen MR) is 106 cm³/mol. The third-order valence-electron chi connectivity index (χ3n) is 5.04. The van der Waals surface area contributed by atoms with Gasteiger partial charge < -0.3 is 10.1 Å². The van der Waals surface area contributed by atoms with Crippen molar-refractivity contribution in [3.05, 3.63) is 63.7 Å². The number of aryl methyl sites for hydroxylation is 3. The van der Waals surface area contributed by atoms with Gasteiger partial charge in [0.2, 0.25) is 0 Å². The molecule has 2 aromatic carbocycles. The number of fused-ring (bicyclic) bond motifs is 1. The van der Waals surface area contributed by atoms with Crippen molar-refractivity contribution >= 4 is 17.5 Å². The van der Waals surface area contributed by atoms with E-state index in [1.165, 1.54) is 30.4 Å². The maximum absolute atomic E-state index is 12.5. The Labute approximate surface area is 160 Å². The molecule has 2 atom stereocenters. The molecule has 0 fully saturated rings. The van der Waals surface area contributed by atoms with Gasteiger partial charge in [-0.25, -0.2) is 0 Å². The Morgan fingerprint density at radius 3 is 2.54 bits per heavy atom. The molecule has 2 unspecified atom stereocenters. The fourth-order valence-corrected chi connectivity index (χ4v) is 3.50. The molecule has 0 radical (unpaired) electrons. The SMILES string of the molecule is Cc1cc(OC(C)C(=O)NC(C)c2ccc3c(c2)CCCC3)ccc1Cl. The van der Waals surface area contributed by atoms with E-state index in [4.69, 9.17) is 16.3 Å². The molecule has 1 N–H and O–H groups in total. The van der Waals surface area contributed by atoms with Crippen molar-refractivity contribution in [2.75, 3.05) is 0 Å². The maximum atomic E-state index is 12.5. The van der Waals surface area contributed by atoms with E-state index >= 15 is 0 Å². The van der Waals surface area contributed by atoms with Crippen molar-refractivity contribution < 1.29 is 9.53 Å². The average Bonchev–Trinajstić information content (AvgIpc) is 2.64. The van der Waals surface area contributed by atoms with E-state index in [2.05, 4.69) is 23.5 Å². The number of hydrogen-bond acceptors (Lipinski definition) is 2. The van der Waals surface area contributed by atoms with E-state index < -0.39 is 6.10 Å². The van der Waals surface area contributed by atoms with Gasteiger partial charge in [-0.05, 0) is 86.9 Å². The van der Waals surface area contributed by atoms with Gasteiger partial charge in [0, 0.05) is 5.02 Å². The van der Waals surface area contributed by atoms with E-state index in [-0.39, 0.29) is 11.9 Å². The van der Waals surface area contributed by atoms with Crippen LogP contribution in [0.5, 0.6) is 5.75 Å². The van der Waals surface area contributed by atoms with Crippen LogP contribution in [0.1, 0.15) is 55.0 Å². The lowest BCUT2D eigenvalue weighted by Crippen LogP contribution is -2.37. The van der Waals surface area contributed by atoms with Gasteiger partial charge in [0.1, 0.15) is 5.75 Å². The lowest BCUT2D eigenvalue weighted by molar-refractivity contribution is -0.127. The Morgan fingerprint density at radius 2 is 1.81 bits per heavy atom. The number of carbonyl (C=O) groups is 1. The van der Waals surface area contributed by atoms with E-state index in [1.807, 2.05) is 19.9 Å². The molecule has 0 saturated carbocycles. The summed E-state index contributed by atoms with van der Waals surface area (Å²) in [6.45, 7) is 5.69. The van der Waals surface area contributed by atoms with E-state index in [0.717, 1.165) is 17.5 Å². The summed E-state index contributed by atoms with van der Waals surface area (Å²) < 4.78 is 5.77. The maximum Gasteiger partial charge on any atom is 0.261 e. The molecule has 1 amide bonds. The quantitative estimate of drug-likeness (QED) is 0.787. The number of carbonyl (C=O) groups excluding carboxylic acids is 1. The standard InChI is InChI=1S/C22H26ClNO2/c1-14-12-20(10-11-21(14)23)26-16(3)22(25)24-15(2)18-9-8-17-6-4-5-7-19(17)13-18/h8-13,15-16H,4-7H2,1-3H3,(H,24,25). The highest BCUT2D eigenvalue weighted by atomic mass is 35.5. The van der Waals surface area contributed by atoms with Gasteiger partial charge in [0.25, 0.3) is 5.91 Å². The summed E-state index contributed by atoms with van der Waals surface area (Å²) in [7, 11) is 0. The molecule has 1 aliphatic carbocycles. The van der Waals surface area contributed by atoms with Crippen LogP contribution in [0.15, 0.2) is 36.4 Å². The zero-order chi connectivity index (χ0) is 18.7. The van der Waals surface area contributed by atoms with Crippen molar-refractivity contribution in [1.82, 2.24) is 5.32 Å². The minimum Gasteiger partial charge on any atom is -0.481 e. The second kappa shape index (κ2) is 8.13. The van der Waals surface area contributed by atoms with E-state index in [0.29, 0.717) is 10.8 Å². The number of nitrogens with one attached hydrogen (secondary N) is 1. The highest BCUT2D eigenvalue weighted by Crippen LogP contribution is 2.25. The van der Waals surface area contributed by atoms with Crippen molar-refractivity contribution in [2.24, 2.45) is 0 Å². The van der Waals surface area contributed by atoms with Gasteiger partial charge >= 0.3 is 0 Å². The van der Waals surface area contributed by atoms with Crippen LogP contribution >= 0.6 is 11.6 Å². The molecule has 0 saturated heterocycles. The van der Waals surface area contributed by atoms with Crippen LogP contribution in [-0.4, -0.2) is 12.0 Å².